The van der Waals surface area contributed by atoms with Crippen LogP contribution in [0.2, 0.25) is 0 Å². The topological polar surface area (TPSA) is 61.4 Å². The predicted octanol–water partition coefficient (Wildman–Crippen LogP) is -0.127. The average Bonchev–Trinajstić information content (AvgIpc) is 2.26. The standard InChI is InChI=1S/C10H20N2O2/c1-11-10(14)6-12-9-5-3-2-4-8(9)7-13/h8-9,12-13H,2-7H2,1H3,(H,11,14). The van der Waals surface area contributed by atoms with Gasteiger partial charge in [0.15, 0.2) is 0 Å². The van der Waals surface area contributed by atoms with Crippen LogP contribution < -0.4 is 10.6 Å². The van der Waals surface area contributed by atoms with Gasteiger partial charge in [-0.05, 0) is 18.8 Å². The van der Waals surface area contributed by atoms with Gasteiger partial charge in [0.1, 0.15) is 0 Å². The molecule has 1 fully saturated rings. The summed E-state index contributed by atoms with van der Waals surface area (Å²) in [6.07, 6.45) is 4.54. The first-order chi connectivity index (χ1) is 6.77. The van der Waals surface area contributed by atoms with E-state index in [1.165, 1.54) is 12.8 Å². The number of carbonyl (C=O) groups is 1. The van der Waals surface area contributed by atoms with Crippen molar-refractivity contribution in [3.8, 4) is 0 Å². The molecule has 0 aliphatic heterocycles. The quantitative estimate of drug-likeness (QED) is 0.592. The van der Waals surface area contributed by atoms with Crippen LogP contribution in [0.15, 0.2) is 0 Å². The SMILES string of the molecule is CNC(=O)CNC1CCCCC1CO. The monoisotopic (exact) mass is 200 g/mol. The van der Waals surface area contributed by atoms with Crippen LogP contribution in [0.25, 0.3) is 0 Å². The summed E-state index contributed by atoms with van der Waals surface area (Å²) in [7, 11) is 1.63. The molecule has 1 saturated carbocycles. The molecule has 1 rings (SSSR count). The molecule has 0 heterocycles. The Bertz CT molecular complexity index is 185. The van der Waals surface area contributed by atoms with Gasteiger partial charge in [-0.1, -0.05) is 12.8 Å². The first-order valence-corrected chi connectivity index (χ1v) is 5.32. The molecule has 0 aromatic rings. The van der Waals surface area contributed by atoms with E-state index in [1.54, 1.807) is 7.05 Å². The molecule has 3 N–H and O–H groups in total. The number of carbonyl (C=O) groups excluding carboxylic acids is 1. The first kappa shape index (κ1) is 11.5. The van der Waals surface area contributed by atoms with Crippen LogP contribution in [-0.2, 0) is 4.79 Å². The maximum Gasteiger partial charge on any atom is 0.233 e. The highest BCUT2D eigenvalue weighted by atomic mass is 16.3. The fourth-order valence-corrected chi connectivity index (χ4v) is 2.01. The molecule has 1 amide bonds. The summed E-state index contributed by atoms with van der Waals surface area (Å²) in [5.74, 6) is 0.334. The van der Waals surface area contributed by atoms with Gasteiger partial charge in [0.2, 0.25) is 5.91 Å². The Morgan fingerprint density at radius 1 is 1.43 bits per heavy atom. The summed E-state index contributed by atoms with van der Waals surface area (Å²) in [5, 5.41) is 14.9. The number of hydrogen-bond donors (Lipinski definition) is 3. The number of aliphatic hydroxyl groups is 1. The fourth-order valence-electron chi connectivity index (χ4n) is 2.01. The van der Waals surface area contributed by atoms with E-state index >= 15 is 0 Å². The molecule has 14 heavy (non-hydrogen) atoms. The van der Waals surface area contributed by atoms with Gasteiger partial charge in [-0.3, -0.25) is 4.79 Å². The van der Waals surface area contributed by atoms with E-state index in [0.717, 1.165) is 12.8 Å². The highest BCUT2D eigenvalue weighted by Crippen LogP contribution is 2.23. The molecule has 0 radical (unpaired) electrons. The lowest BCUT2D eigenvalue weighted by molar-refractivity contribution is -0.120. The van der Waals surface area contributed by atoms with Crippen LogP contribution >= 0.6 is 0 Å². The molecule has 2 unspecified atom stereocenters. The number of amides is 1. The lowest BCUT2D eigenvalue weighted by Gasteiger charge is -2.30. The van der Waals surface area contributed by atoms with Gasteiger partial charge in [0.25, 0.3) is 0 Å². The minimum Gasteiger partial charge on any atom is -0.396 e. The zero-order chi connectivity index (χ0) is 10.4. The molecule has 2 atom stereocenters. The third-order valence-corrected chi connectivity index (χ3v) is 2.95. The maximum atomic E-state index is 11.0. The summed E-state index contributed by atoms with van der Waals surface area (Å²) in [4.78, 5) is 11.0. The zero-order valence-electron chi connectivity index (χ0n) is 8.75. The van der Waals surface area contributed by atoms with Gasteiger partial charge in [-0.25, -0.2) is 0 Å². The normalized spacial score (nSPS) is 27.3. The molecular formula is C10H20N2O2. The smallest absolute Gasteiger partial charge is 0.233 e. The van der Waals surface area contributed by atoms with Crippen molar-refractivity contribution in [1.29, 1.82) is 0 Å². The summed E-state index contributed by atoms with van der Waals surface area (Å²) in [6, 6.07) is 0.311. The highest BCUT2D eigenvalue weighted by Gasteiger charge is 2.24. The fraction of sp³-hybridized carbons (Fsp3) is 0.900. The van der Waals surface area contributed by atoms with Gasteiger partial charge in [0.05, 0.1) is 6.54 Å². The Labute approximate surface area is 85.1 Å². The van der Waals surface area contributed by atoms with Crippen LogP contribution in [0.5, 0.6) is 0 Å². The van der Waals surface area contributed by atoms with Gasteiger partial charge < -0.3 is 15.7 Å². The molecule has 0 bridgehead atoms. The molecule has 82 valence electrons. The van der Waals surface area contributed by atoms with Crippen LogP contribution in [0.3, 0.4) is 0 Å². The molecule has 1 aliphatic carbocycles. The number of rotatable bonds is 4. The van der Waals surface area contributed by atoms with E-state index in [1.807, 2.05) is 0 Å². The second-order valence-electron chi connectivity index (χ2n) is 3.89. The second kappa shape index (κ2) is 5.98. The Kier molecular flexibility index (Phi) is 4.90. The molecule has 4 heteroatoms. The lowest BCUT2D eigenvalue weighted by atomic mass is 9.85. The van der Waals surface area contributed by atoms with E-state index in [4.69, 9.17) is 5.11 Å². The van der Waals surface area contributed by atoms with E-state index in [2.05, 4.69) is 10.6 Å². The van der Waals surface area contributed by atoms with Crippen molar-refractivity contribution in [1.82, 2.24) is 10.6 Å². The summed E-state index contributed by atoms with van der Waals surface area (Å²) in [6.45, 7) is 0.586. The molecule has 0 aromatic heterocycles. The summed E-state index contributed by atoms with van der Waals surface area (Å²) < 4.78 is 0. The molecule has 0 spiro atoms. The van der Waals surface area contributed by atoms with Gasteiger partial charge >= 0.3 is 0 Å². The van der Waals surface area contributed by atoms with Crippen LogP contribution in [0, 0.1) is 5.92 Å². The average molecular weight is 200 g/mol. The molecule has 0 aromatic carbocycles. The Morgan fingerprint density at radius 2 is 2.14 bits per heavy atom. The van der Waals surface area contributed by atoms with E-state index in [0.29, 0.717) is 18.5 Å². The van der Waals surface area contributed by atoms with Crippen molar-refractivity contribution in [2.75, 3.05) is 20.2 Å². The molecule has 1 aliphatic rings. The number of hydrogen-bond acceptors (Lipinski definition) is 3. The van der Waals surface area contributed by atoms with Crippen LogP contribution in [0.4, 0.5) is 0 Å². The van der Waals surface area contributed by atoms with Gasteiger partial charge in [-0.2, -0.15) is 0 Å². The minimum absolute atomic E-state index is 0.00673. The zero-order valence-corrected chi connectivity index (χ0v) is 8.75. The third kappa shape index (κ3) is 3.27. The van der Waals surface area contributed by atoms with Crippen molar-refractivity contribution in [3.05, 3.63) is 0 Å². The first-order valence-electron chi connectivity index (χ1n) is 5.32. The van der Waals surface area contributed by atoms with Gasteiger partial charge in [-0.15, -0.1) is 0 Å². The molecule has 0 saturated heterocycles. The Hall–Kier alpha value is -0.610. The highest BCUT2D eigenvalue weighted by molar-refractivity contribution is 5.77. The summed E-state index contributed by atoms with van der Waals surface area (Å²) in [5.41, 5.74) is 0. The van der Waals surface area contributed by atoms with E-state index in [9.17, 15) is 4.79 Å². The minimum atomic E-state index is 0.00673. The maximum absolute atomic E-state index is 11.0. The molecule has 4 nitrogen and oxygen atoms in total. The van der Waals surface area contributed by atoms with Crippen LogP contribution in [0.1, 0.15) is 25.7 Å². The second-order valence-corrected chi connectivity index (χ2v) is 3.89. The van der Waals surface area contributed by atoms with Crippen LogP contribution in [-0.4, -0.2) is 37.3 Å². The number of nitrogens with one attached hydrogen (secondary N) is 2. The Morgan fingerprint density at radius 3 is 2.79 bits per heavy atom. The third-order valence-electron chi connectivity index (χ3n) is 2.95. The van der Waals surface area contributed by atoms with Crippen molar-refractivity contribution in [3.63, 3.8) is 0 Å². The van der Waals surface area contributed by atoms with Crippen molar-refractivity contribution >= 4 is 5.91 Å². The molecular weight excluding hydrogens is 180 g/mol. The number of likely N-dealkylation sites (N-methyl/N-ethyl adjacent to an activating group) is 1. The van der Waals surface area contributed by atoms with Crippen molar-refractivity contribution in [2.45, 2.75) is 31.7 Å². The van der Waals surface area contributed by atoms with Crippen molar-refractivity contribution in [2.24, 2.45) is 5.92 Å². The lowest BCUT2D eigenvalue weighted by Crippen LogP contribution is -2.44. The predicted molar refractivity (Wildman–Crippen MR) is 54.9 cm³/mol. The van der Waals surface area contributed by atoms with E-state index in [-0.39, 0.29) is 12.5 Å². The van der Waals surface area contributed by atoms with Gasteiger partial charge in [0, 0.05) is 19.7 Å². The largest absolute Gasteiger partial charge is 0.396 e. The summed E-state index contributed by atoms with van der Waals surface area (Å²) >= 11 is 0. The Balaban J connectivity index is 2.29. The van der Waals surface area contributed by atoms with E-state index < -0.39 is 0 Å². The number of aliphatic hydroxyl groups excluding tert-OH is 1. The van der Waals surface area contributed by atoms with Crippen molar-refractivity contribution < 1.29 is 9.90 Å².